The normalized spacial score (nSPS) is 26.8. The molecule has 4 nitrogen and oxygen atoms in total. The van der Waals surface area contributed by atoms with Crippen molar-refractivity contribution in [3.05, 3.63) is 0 Å². The Morgan fingerprint density at radius 1 is 1.33 bits per heavy atom. The number of esters is 1. The first-order valence-electron chi connectivity index (χ1n) is 2.42. The number of hydrogen-bond donors (Lipinski definition) is 0. The molecule has 0 aliphatic carbocycles. The van der Waals surface area contributed by atoms with Gasteiger partial charge in [0, 0.05) is 0 Å². The molecule has 0 aromatic heterocycles. The summed E-state index contributed by atoms with van der Waals surface area (Å²) in [6.07, 6.45) is -0.870. The summed E-state index contributed by atoms with van der Waals surface area (Å²) in [5, 5.41) is 0. The molecule has 0 radical (unpaired) electrons. The van der Waals surface area contributed by atoms with Crippen LogP contribution in [0.2, 0.25) is 0 Å². The van der Waals surface area contributed by atoms with Crippen molar-refractivity contribution in [1.82, 2.24) is 0 Å². The van der Waals surface area contributed by atoms with Gasteiger partial charge in [-0.3, -0.25) is 9.59 Å². The van der Waals surface area contributed by atoms with Gasteiger partial charge in [-0.15, -0.1) is 0 Å². The van der Waals surface area contributed by atoms with E-state index in [0.717, 1.165) is 0 Å². The van der Waals surface area contributed by atoms with Crippen LogP contribution in [0.1, 0.15) is 6.92 Å². The Morgan fingerprint density at radius 2 is 1.89 bits per heavy atom. The summed E-state index contributed by atoms with van der Waals surface area (Å²) in [7, 11) is 0. The number of Topliss-reactive ketones (excluding diaryl/α,β-unsaturated/α-hetero) is 2. The lowest BCUT2D eigenvalue weighted by molar-refractivity contribution is -0.148. The maximum atomic E-state index is 10.4. The molecule has 0 spiro atoms. The average molecular weight is 128 g/mol. The molecule has 1 aliphatic heterocycles. The van der Waals surface area contributed by atoms with Crippen LogP contribution in [0.5, 0.6) is 0 Å². The maximum Gasteiger partial charge on any atom is 0.383 e. The smallest absolute Gasteiger partial charge is 0.383 e. The lowest BCUT2D eigenvalue weighted by Gasteiger charge is -1.92. The predicted octanol–water partition coefficient (Wildman–Crippen LogP) is -0.930. The van der Waals surface area contributed by atoms with Gasteiger partial charge in [0.1, 0.15) is 0 Å². The first kappa shape index (κ1) is 5.94. The first-order valence-corrected chi connectivity index (χ1v) is 2.42. The Bertz CT molecular complexity index is 193. The van der Waals surface area contributed by atoms with Crippen LogP contribution in [-0.2, 0) is 19.1 Å². The zero-order valence-corrected chi connectivity index (χ0v) is 4.71. The number of rotatable bonds is 0. The Hall–Kier alpha value is -1.19. The second-order valence-corrected chi connectivity index (χ2v) is 1.74. The molecular formula is C5H4O4. The first-order chi connectivity index (χ1) is 4.13. The van der Waals surface area contributed by atoms with Gasteiger partial charge in [0.05, 0.1) is 0 Å². The van der Waals surface area contributed by atoms with Crippen LogP contribution in [0, 0.1) is 0 Å². The van der Waals surface area contributed by atoms with E-state index < -0.39 is 23.6 Å². The minimum atomic E-state index is -1.04. The van der Waals surface area contributed by atoms with Crippen LogP contribution in [0.15, 0.2) is 0 Å². The van der Waals surface area contributed by atoms with Gasteiger partial charge < -0.3 is 4.74 Å². The molecule has 0 saturated carbocycles. The van der Waals surface area contributed by atoms with E-state index in [1.165, 1.54) is 6.92 Å². The van der Waals surface area contributed by atoms with E-state index in [4.69, 9.17) is 0 Å². The highest BCUT2D eigenvalue weighted by atomic mass is 16.6. The molecule has 1 rings (SSSR count). The van der Waals surface area contributed by atoms with Crippen molar-refractivity contribution in [3.63, 3.8) is 0 Å². The molecule has 48 valence electrons. The van der Waals surface area contributed by atoms with Gasteiger partial charge in [-0.2, -0.15) is 0 Å². The molecule has 0 amide bonds. The third-order valence-corrected chi connectivity index (χ3v) is 1.06. The molecule has 0 unspecified atom stereocenters. The number of ether oxygens (including phenoxy) is 1. The summed E-state index contributed by atoms with van der Waals surface area (Å²) in [6.45, 7) is 1.37. The van der Waals surface area contributed by atoms with Crippen LogP contribution < -0.4 is 0 Å². The van der Waals surface area contributed by atoms with E-state index >= 15 is 0 Å². The van der Waals surface area contributed by atoms with E-state index in [1.54, 1.807) is 0 Å². The van der Waals surface area contributed by atoms with Crippen molar-refractivity contribution in [2.45, 2.75) is 13.0 Å². The SMILES string of the molecule is C[C@H]1OC(=O)C(=O)C1=O. The Labute approximate surface area is 50.8 Å². The maximum absolute atomic E-state index is 10.4. The van der Waals surface area contributed by atoms with Crippen LogP contribution in [0.25, 0.3) is 0 Å². The van der Waals surface area contributed by atoms with E-state index in [9.17, 15) is 14.4 Å². The average Bonchev–Trinajstić information content (AvgIpc) is 1.98. The molecule has 1 fully saturated rings. The summed E-state index contributed by atoms with van der Waals surface area (Å²) in [5.74, 6) is -2.82. The quantitative estimate of drug-likeness (QED) is 0.312. The van der Waals surface area contributed by atoms with Gasteiger partial charge in [0.25, 0.3) is 5.78 Å². The summed E-state index contributed by atoms with van der Waals surface area (Å²) in [6, 6.07) is 0. The predicted molar refractivity (Wildman–Crippen MR) is 25.6 cm³/mol. The van der Waals surface area contributed by atoms with Gasteiger partial charge >= 0.3 is 11.8 Å². The zero-order valence-electron chi connectivity index (χ0n) is 4.71. The van der Waals surface area contributed by atoms with E-state index in [-0.39, 0.29) is 0 Å². The fourth-order valence-corrected chi connectivity index (χ4v) is 0.553. The van der Waals surface area contributed by atoms with Gasteiger partial charge in [-0.1, -0.05) is 0 Å². The largest absolute Gasteiger partial charge is 0.448 e. The molecule has 1 saturated heterocycles. The molecular weight excluding hydrogens is 124 g/mol. The monoisotopic (exact) mass is 128 g/mol. The summed E-state index contributed by atoms with van der Waals surface area (Å²) >= 11 is 0. The van der Waals surface area contributed by atoms with Crippen LogP contribution >= 0.6 is 0 Å². The van der Waals surface area contributed by atoms with Crippen molar-refractivity contribution < 1.29 is 19.1 Å². The topological polar surface area (TPSA) is 60.4 Å². The van der Waals surface area contributed by atoms with E-state index in [2.05, 4.69) is 4.74 Å². The summed E-state index contributed by atoms with van der Waals surface area (Å²) in [5.41, 5.74) is 0. The Kier molecular flexibility index (Phi) is 1.09. The summed E-state index contributed by atoms with van der Waals surface area (Å²) in [4.78, 5) is 30.9. The lowest BCUT2D eigenvalue weighted by atomic mass is 10.2. The highest BCUT2D eigenvalue weighted by Gasteiger charge is 2.38. The molecule has 9 heavy (non-hydrogen) atoms. The second kappa shape index (κ2) is 1.65. The third kappa shape index (κ3) is 0.718. The van der Waals surface area contributed by atoms with Crippen molar-refractivity contribution in [3.8, 4) is 0 Å². The molecule has 0 N–H and O–H groups in total. The number of carbonyl (C=O) groups excluding carboxylic acids is 3. The highest BCUT2D eigenvalue weighted by molar-refractivity contribution is 6.65. The lowest BCUT2D eigenvalue weighted by Crippen LogP contribution is -2.16. The highest BCUT2D eigenvalue weighted by Crippen LogP contribution is 2.04. The van der Waals surface area contributed by atoms with Gasteiger partial charge in [-0.05, 0) is 6.92 Å². The van der Waals surface area contributed by atoms with Crippen molar-refractivity contribution >= 4 is 17.5 Å². The molecule has 0 aromatic carbocycles. The van der Waals surface area contributed by atoms with Gasteiger partial charge in [-0.25, -0.2) is 4.79 Å². The number of carbonyl (C=O) groups is 3. The minimum Gasteiger partial charge on any atom is -0.448 e. The fraction of sp³-hybridized carbons (Fsp3) is 0.400. The molecule has 1 aliphatic rings. The second-order valence-electron chi connectivity index (χ2n) is 1.74. The minimum absolute atomic E-state index is 0.750. The standard InChI is InChI=1S/C5H4O4/c1-2-3(6)4(7)5(8)9-2/h2H,1H3/t2-/m1/s1. The van der Waals surface area contributed by atoms with E-state index in [1.807, 2.05) is 0 Å². The Balaban J connectivity index is 2.90. The van der Waals surface area contributed by atoms with Gasteiger partial charge in [0.15, 0.2) is 6.10 Å². The number of cyclic esters (lactones) is 1. The third-order valence-electron chi connectivity index (χ3n) is 1.06. The molecule has 0 aromatic rings. The Morgan fingerprint density at radius 3 is 2.00 bits per heavy atom. The summed E-state index contributed by atoms with van der Waals surface area (Å²) < 4.78 is 4.25. The van der Waals surface area contributed by atoms with Crippen molar-refractivity contribution in [2.75, 3.05) is 0 Å². The van der Waals surface area contributed by atoms with Crippen LogP contribution in [0.3, 0.4) is 0 Å². The van der Waals surface area contributed by atoms with Gasteiger partial charge in [0.2, 0.25) is 0 Å². The fourth-order valence-electron chi connectivity index (χ4n) is 0.553. The van der Waals surface area contributed by atoms with E-state index in [0.29, 0.717) is 0 Å². The number of hydrogen-bond acceptors (Lipinski definition) is 4. The molecule has 1 heterocycles. The van der Waals surface area contributed by atoms with Crippen LogP contribution in [0.4, 0.5) is 0 Å². The van der Waals surface area contributed by atoms with Crippen molar-refractivity contribution in [2.24, 2.45) is 0 Å². The molecule has 0 bridgehead atoms. The van der Waals surface area contributed by atoms with Crippen molar-refractivity contribution in [1.29, 1.82) is 0 Å². The molecule has 1 atom stereocenters. The molecule has 4 heteroatoms. The zero-order chi connectivity index (χ0) is 7.02. The van der Waals surface area contributed by atoms with Crippen LogP contribution in [-0.4, -0.2) is 23.6 Å². The number of ketones is 2.